The van der Waals surface area contributed by atoms with Crippen molar-refractivity contribution in [3.8, 4) is 0 Å². The van der Waals surface area contributed by atoms with E-state index in [2.05, 4.69) is 22.2 Å². The van der Waals surface area contributed by atoms with Gasteiger partial charge < -0.3 is 14.3 Å². The molecular weight excluding hydrogens is 240 g/mol. The van der Waals surface area contributed by atoms with Crippen LogP contribution in [0.4, 0.5) is 5.82 Å². The molecule has 0 saturated carbocycles. The van der Waals surface area contributed by atoms with Crippen molar-refractivity contribution in [2.75, 3.05) is 5.32 Å². The molecule has 3 heterocycles. The monoisotopic (exact) mass is 256 g/mol. The SMILES string of the molecule is CC(Cc1ccco1)Nc1nccc2c1ncn2C. The molecule has 0 aromatic carbocycles. The summed E-state index contributed by atoms with van der Waals surface area (Å²) in [6.45, 7) is 2.10. The maximum Gasteiger partial charge on any atom is 0.154 e. The third-order valence-corrected chi connectivity index (χ3v) is 3.11. The Balaban J connectivity index is 1.81. The number of aryl methyl sites for hydroxylation is 1. The number of imidazole rings is 1. The minimum Gasteiger partial charge on any atom is -0.469 e. The summed E-state index contributed by atoms with van der Waals surface area (Å²) in [5.41, 5.74) is 1.97. The quantitative estimate of drug-likeness (QED) is 0.779. The minimum absolute atomic E-state index is 0.228. The summed E-state index contributed by atoms with van der Waals surface area (Å²) in [6.07, 6.45) is 6.11. The molecule has 98 valence electrons. The third-order valence-electron chi connectivity index (χ3n) is 3.11. The molecule has 19 heavy (non-hydrogen) atoms. The van der Waals surface area contributed by atoms with Crippen LogP contribution in [0.2, 0.25) is 0 Å². The van der Waals surface area contributed by atoms with Crippen LogP contribution >= 0.6 is 0 Å². The maximum atomic E-state index is 5.35. The second-order valence-corrected chi connectivity index (χ2v) is 4.71. The van der Waals surface area contributed by atoms with Crippen LogP contribution in [-0.4, -0.2) is 20.6 Å². The summed E-state index contributed by atoms with van der Waals surface area (Å²) in [5.74, 6) is 1.78. The predicted molar refractivity (Wildman–Crippen MR) is 74.0 cm³/mol. The number of rotatable bonds is 4. The summed E-state index contributed by atoms with van der Waals surface area (Å²) in [6, 6.07) is 6.07. The number of furan rings is 1. The first kappa shape index (κ1) is 11.8. The van der Waals surface area contributed by atoms with E-state index >= 15 is 0 Å². The largest absolute Gasteiger partial charge is 0.469 e. The molecule has 0 saturated heterocycles. The molecular formula is C14H16N4O. The van der Waals surface area contributed by atoms with E-state index in [0.29, 0.717) is 0 Å². The number of hydrogen-bond acceptors (Lipinski definition) is 4. The molecule has 5 nitrogen and oxygen atoms in total. The number of aromatic nitrogens is 3. The molecule has 0 radical (unpaired) electrons. The molecule has 3 aromatic rings. The van der Waals surface area contributed by atoms with Crippen molar-refractivity contribution in [3.05, 3.63) is 42.7 Å². The van der Waals surface area contributed by atoms with Gasteiger partial charge in [0.1, 0.15) is 11.3 Å². The fourth-order valence-electron chi connectivity index (χ4n) is 2.18. The predicted octanol–water partition coefficient (Wildman–Crippen LogP) is 2.60. The lowest BCUT2D eigenvalue weighted by Gasteiger charge is -2.13. The van der Waals surface area contributed by atoms with Crippen LogP contribution in [0.3, 0.4) is 0 Å². The Bertz CT molecular complexity index is 672. The molecule has 0 aliphatic rings. The first-order valence-electron chi connectivity index (χ1n) is 6.29. The van der Waals surface area contributed by atoms with Crippen LogP contribution in [0.1, 0.15) is 12.7 Å². The van der Waals surface area contributed by atoms with E-state index in [1.54, 1.807) is 18.8 Å². The Hall–Kier alpha value is -2.30. The van der Waals surface area contributed by atoms with Gasteiger partial charge in [-0.05, 0) is 25.1 Å². The van der Waals surface area contributed by atoms with Gasteiger partial charge in [-0.3, -0.25) is 0 Å². The van der Waals surface area contributed by atoms with Crippen molar-refractivity contribution in [1.29, 1.82) is 0 Å². The number of nitrogens with one attached hydrogen (secondary N) is 1. The van der Waals surface area contributed by atoms with Gasteiger partial charge in [-0.2, -0.15) is 0 Å². The molecule has 1 unspecified atom stereocenters. The van der Waals surface area contributed by atoms with E-state index in [-0.39, 0.29) is 6.04 Å². The topological polar surface area (TPSA) is 55.9 Å². The maximum absolute atomic E-state index is 5.35. The van der Waals surface area contributed by atoms with E-state index in [0.717, 1.165) is 29.0 Å². The van der Waals surface area contributed by atoms with Crippen molar-refractivity contribution >= 4 is 16.9 Å². The Morgan fingerprint density at radius 3 is 3.05 bits per heavy atom. The highest BCUT2D eigenvalue weighted by molar-refractivity contribution is 5.85. The van der Waals surface area contributed by atoms with Crippen molar-refractivity contribution in [3.63, 3.8) is 0 Å². The number of pyridine rings is 1. The zero-order chi connectivity index (χ0) is 13.2. The second kappa shape index (κ2) is 4.76. The standard InChI is InChI=1S/C14H16N4O/c1-10(8-11-4-3-7-19-11)17-14-13-12(5-6-15-14)18(2)9-16-13/h3-7,9-10H,8H2,1-2H3,(H,15,17). The molecule has 0 aliphatic carbocycles. The van der Waals surface area contributed by atoms with Gasteiger partial charge in [0.25, 0.3) is 0 Å². The van der Waals surface area contributed by atoms with Crippen LogP contribution in [0, 0.1) is 0 Å². The van der Waals surface area contributed by atoms with E-state index in [9.17, 15) is 0 Å². The normalized spacial score (nSPS) is 12.7. The Kier molecular flexibility index (Phi) is 2.95. The Labute approximate surface area is 111 Å². The average Bonchev–Trinajstić information content (AvgIpc) is 3.01. The van der Waals surface area contributed by atoms with Gasteiger partial charge in [-0.15, -0.1) is 0 Å². The van der Waals surface area contributed by atoms with Crippen LogP contribution in [0.5, 0.6) is 0 Å². The van der Waals surface area contributed by atoms with Gasteiger partial charge in [0.05, 0.1) is 18.1 Å². The van der Waals surface area contributed by atoms with Crippen LogP contribution in [0.15, 0.2) is 41.4 Å². The molecule has 3 aromatic heterocycles. The number of anilines is 1. The molecule has 0 amide bonds. The summed E-state index contributed by atoms with van der Waals surface area (Å²) < 4.78 is 7.34. The smallest absolute Gasteiger partial charge is 0.154 e. The van der Waals surface area contributed by atoms with Crippen molar-refractivity contribution in [2.24, 2.45) is 7.05 Å². The highest BCUT2D eigenvalue weighted by Gasteiger charge is 2.11. The lowest BCUT2D eigenvalue weighted by Crippen LogP contribution is -2.18. The van der Waals surface area contributed by atoms with Crippen LogP contribution in [-0.2, 0) is 13.5 Å². The van der Waals surface area contributed by atoms with Gasteiger partial charge in [0.15, 0.2) is 5.82 Å². The second-order valence-electron chi connectivity index (χ2n) is 4.71. The van der Waals surface area contributed by atoms with Gasteiger partial charge in [0, 0.05) is 25.7 Å². The molecule has 3 rings (SSSR count). The molecule has 0 spiro atoms. The third kappa shape index (κ3) is 2.31. The van der Waals surface area contributed by atoms with E-state index in [4.69, 9.17) is 4.42 Å². The zero-order valence-corrected chi connectivity index (χ0v) is 11.0. The Morgan fingerprint density at radius 2 is 2.26 bits per heavy atom. The van der Waals surface area contributed by atoms with Crippen LogP contribution in [0.25, 0.3) is 11.0 Å². The fourth-order valence-corrected chi connectivity index (χ4v) is 2.18. The highest BCUT2D eigenvalue weighted by Crippen LogP contribution is 2.19. The summed E-state index contributed by atoms with van der Waals surface area (Å²) in [7, 11) is 1.98. The number of nitrogens with zero attached hydrogens (tertiary/aromatic N) is 3. The Morgan fingerprint density at radius 1 is 1.37 bits per heavy atom. The van der Waals surface area contributed by atoms with E-state index in [1.807, 2.05) is 29.8 Å². The van der Waals surface area contributed by atoms with Crippen molar-refractivity contribution in [1.82, 2.24) is 14.5 Å². The molecule has 1 N–H and O–H groups in total. The van der Waals surface area contributed by atoms with Gasteiger partial charge in [0.2, 0.25) is 0 Å². The molecule has 0 aliphatic heterocycles. The molecule has 5 heteroatoms. The molecule has 0 fully saturated rings. The first-order valence-corrected chi connectivity index (χ1v) is 6.29. The fraction of sp³-hybridized carbons (Fsp3) is 0.286. The summed E-state index contributed by atoms with van der Waals surface area (Å²) in [4.78, 5) is 8.75. The lowest BCUT2D eigenvalue weighted by molar-refractivity contribution is 0.497. The highest BCUT2D eigenvalue weighted by atomic mass is 16.3. The first-order chi connectivity index (χ1) is 9.24. The van der Waals surface area contributed by atoms with Crippen molar-refractivity contribution < 1.29 is 4.42 Å². The lowest BCUT2D eigenvalue weighted by atomic mass is 10.2. The average molecular weight is 256 g/mol. The van der Waals surface area contributed by atoms with Gasteiger partial charge >= 0.3 is 0 Å². The van der Waals surface area contributed by atoms with Crippen LogP contribution < -0.4 is 5.32 Å². The summed E-state index contributed by atoms with van der Waals surface area (Å²) in [5, 5.41) is 3.39. The van der Waals surface area contributed by atoms with Crippen molar-refractivity contribution in [2.45, 2.75) is 19.4 Å². The molecule has 1 atom stereocenters. The summed E-state index contributed by atoms with van der Waals surface area (Å²) >= 11 is 0. The molecule has 0 bridgehead atoms. The number of hydrogen-bond donors (Lipinski definition) is 1. The van der Waals surface area contributed by atoms with Gasteiger partial charge in [-0.1, -0.05) is 0 Å². The minimum atomic E-state index is 0.228. The van der Waals surface area contributed by atoms with E-state index in [1.165, 1.54) is 0 Å². The number of fused-ring (bicyclic) bond motifs is 1. The van der Waals surface area contributed by atoms with E-state index < -0.39 is 0 Å². The zero-order valence-electron chi connectivity index (χ0n) is 11.0. The van der Waals surface area contributed by atoms with Gasteiger partial charge in [-0.25, -0.2) is 9.97 Å².